The van der Waals surface area contributed by atoms with Crippen molar-refractivity contribution in [1.29, 1.82) is 0 Å². The third-order valence-corrected chi connectivity index (χ3v) is 3.94. The SMILES string of the molecule is O=C(O)c1cc(SCc2cc(F)ccc2F)ccc1Cl. The largest absolute Gasteiger partial charge is 0.478 e. The van der Waals surface area contributed by atoms with Crippen molar-refractivity contribution >= 4 is 29.3 Å². The van der Waals surface area contributed by atoms with Crippen molar-refractivity contribution in [2.45, 2.75) is 10.6 Å². The van der Waals surface area contributed by atoms with E-state index in [9.17, 15) is 13.6 Å². The molecule has 0 fully saturated rings. The number of carbonyl (C=O) groups is 1. The molecule has 2 rings (SSSR count). The molecule has 104 valence electrons. The topological polar surface area (TPSA) is 37.3 Å². The van der Waals surface area contributed by atoms with Gasteiger partial charge in [0.25, 0.3) is 0 Å². The minimum Gasteiger partial charge on any atom is -0.478 e. The lowest BCUT2D eigenvalue weighted by Gasteiger charge is -2.06. The van der Waals surface area contributed by atoms with Crippen LogP contribution in [0.2, 0.25) is 5.02 Å². The van der Waals surface area contributed by atoms with Gasteiger partial charge in [-0.3, -0.25) is 0 Å². The number of benzene rings is 2. The first-order chi connectivity index (χ1) is 9.47. The van der Waals surface area contributed by atoms with E-state index < -0.39 is 17.6 Å². The molecule has 0 aliphatic heterocycles. The lowest BCUT2D eigenvalue weighted by molar-refractivity contribution is 0.0697. The van der Waals surface area contributed by atoms with Gasteiger partial charge in [0.15, 0.2) is 0 Å². The Bertz CT molecular complexity index is 662. The summed E-state index contributed by atoms with van der Waals surface area (Å²) < 4.78 is 26.5. The smallest absolute Gasteiger partial charge is 0.337 e. The van der Waals surface area contributed by atoms with Crippen LogP contribution in [0.25, 0.3) is 0 Å². The van der Waals surface area contributed by atoms with Gasteiger partial charge in [-0.05, 0) is 36.4 Å². The Balaban J connectivity index is 2.17. The van der Waals surface area contributed by atoms with E-state index in [4.69, 9.17) is 16.7 Å². The molecule has 0 spiro atoms. The van der Waals surface area contributed by atoms with Crippen LogP contribution in [0.15, 0.2) is 41.3 Å². The molecular weight excluding hydrogens is 306 g/mol. The maximum absolute atomic E-state index is 13.4. The van der Waals surface area contributed by atoms with Crippen molar-refractivity contribution in [2.24, 2.45) is 0 Å². The molecule has 20 heavy (non-hydrogen) atoms. The van der Waals surface area contributed by atoms with Crippen molar-refractivity contribution in [3.63, 3.8) is 0 Å². The highest BCUT2D eigenvalue weighted by Crippen LogP contribution is 2.28. The molecule has 0 aliphatic rings. The molecule has 0 aromatic heterocycles. The number of carboxylic acids is 1. The third kappa shape index (κ3) is 3.49. The van der Waals surface area contributed by atoms with Crippen LogP contribution in [0.5, 0.6) is 0 Å². The van der Waals surface area contributed by atoms with E-state index in [-0.39, 0.29) is 21.9 Å². The van der Waals surface area contributed by atoms with E-state index in [0.29, 0.717) is 4.90 Å². The van der Waals surface area contributed by atoms with Crippen molar-refractivity contribution in [2.75, 3.05) is 0 Å². The van der Waals surface area contributed by atoms with Crippen LogP contribution < -0.4 is 0 Å². The minimum absolute atomic E-state index is 0.0172. The summed E-state index contributed by atoms with van der Waals surface area (Å²) in [5.74, 6) is -1.94. The molecule has 0 saturated heterocycles. The van der Waals surface area contributed by atoms with Crippen molar-refractivity contribution in [3.8, 4) is 0 Å². The summed E-state index contributed by atoms with van der Waals surface area (Å²) in [5, 5.41) is 9.09. The zero-order valence-corrected chi connectivity index (χ0v) is 11.6. The molecule has 0 radical (unpaired) electrons. The molecule has 0 amide bonds. The number of aromatic carboxylic acids is 1. The van der Waals surface area contributed by atoms with Crippen LogP contribution in [-0.4, -0.2) is 11.1 Å². The lowest BCUT2D eigenvalue weighted by Crippen LogP contribution is -1.97. The first-order valence-electron chi connectivity index (χ1n) is 5.57. The molecule has 6 heteroatoms. The average Bonchev–Trinajstić information content (AvgIpc) is 2.41. The molecule has 0 bridgehead atoms. The fraction of sp³-hybridized carbons (Fsp3) is 0.0714. The van der Waals surface area contributed by atoms with E-state index in [2.05, 4.69) is 0 Å². The number of halogens is 3. The summed E-state index contributed by atoms with van der Waals surface area (Å²) in [5.41, 5.74) is 0.207. The second-order valence-corrected chi connectivity index (χ2v) is 5.43. The van der Waals surface area contributed by atoms with E-state index in [1.165, 1.54) is 23.9 Å². The highest BCUT2D eigenvalue weighted by Gasteiger charge is 2.10. The molecule has 2 aromatic carbocycles. The van der Waals surface area contributed by atoms with Crippen LogP contribution >= 0.6 is 23.4 Å². The van der Waals surface area contributed by atoms with Crippen LogP contribution in [0.1, 0.15) is 15.9 Å². The standard InChI is InChI=1S/C14H9ClF2O2S/c15-12-3-2-10(6-11(12)14(18)19)20-7-8-5-9(16)1-4-13(8)17/h1-6H,7H2,(H,18,19). The molecule has 0 aliphatic carbocycles. The molecule has 0 atom stereocenters. The van der Waals surface area contributed by atoms with Crippen LogP contribution in [0, 0.1) is 11.6 Å². The highest BCUT2D eigenvalue weighted by molar-refractivity contribution is 7.98. The van der Waals surface area contributed by atoms with Crippen molar-refractivity contribution in [1.82, 2.24) is 0 Å². The Morgan fingerprint density at radius 3 is 2.65 bits per heavy atom. The summed E-state index contributed by atoms with van der Waals surface area (Å²) in [6, 6.07) is 7.75. The number of hydrogen-bond donors (Lipinski definition) is 1. The summed E-state index contributed by atoms with van der Waals surface area (Å²) in [4.78, 5) is 11.6. The predicted molar refractivity (Wildman–Crippen MR) is 74.3 cm³/mol. The van der Waals surface area contributed by atoms with Gasteiger partial charge in [-0.15, -0.1) is 11.8 Å². The number of thioether (sulfide) groups is 1. The van der Waals surface area contributed by atoms with Crippen LogP contribution in [0.3, 0.4) is 0 Å². The average molecular weight is 315 g/mol. The number of hydrogen-bond acceptors (Lipinski definition) is 2. The van der Waals surface area contributed by atoms with Gasteiger partial charge in [0.05, 0.1) is 10.6 Å². The van der Waals surface area contributed by atoms with Gasteiger partial charge in [0.1, 0.15) is 11.6 Å². The second kappa shape index (κ2) is 6.24. The molecule has 2 aromatic rings. The summed E-state index contributed by atoms with van der Waals surface area (Å²) in [6.45, 7) is 0. The van der Waals surface area contributed by atoms with Crippen LogP contribution in [-0.2, 0) is 5.75 Å². The number of rotatable bonds is 4. The highest BCUT2D eigenvalue weighted by atomic mass is 35.5. The van der Waals surface area contributed by atoms with Gasteiger partial charge >= 0.3 is 5.97 Å². The van der Waals surface area contributed by atoms with Gasteiger partial charge in [0, 0.05) is 16.2 Å². The molecule has 0 unspecified atom stereocenters. The molecule has 0 saturated carbocycles. The molecule has 2 nitrogen and oxygen atoms in total. The quantitative estimate of drug-likeness (QED) is 0.837. The minimum atomic E-state index is -1.13. The summed E-state index contributed by atoms with van der Waals surface area (Å²) in [6.07, 6.45) is 0. The molecular formula is C14H9ClF2O2S. The monoisotopic (exact) mass is 314 g/mol. The maximum atomic E-state index is 13.4. The van der Waals surface area contributed by atoms with E-state index in [1.807, 2.05) is 0 Å². The van der Waals surface area contributed by atoms with Crippen molar-refractivity contribution in [3.05, 3.63) is 64.2 Å². The van der Waals surface area contributed by atoms with Gasteiger partial charge in [-0.25, -0.2) is 13.6 Å². The van der Waals surface area contributed by atoms with Gasteiger partial charge in [0.2, 0.25) is 0 Å². The Morgan fingerprint density at radius 2 is 1.95 bits per heavy atom. The maximum Gasteiger partial charge on any atom is 0.337 e. The fourth-order valence-electron chi connectivity index (χ4n) is 1.57. The second-order valence-electron chi connectivity index (χ2n) is 3.97. The van der Waals surface area contributed by atoms with E-state index in [0.717, 1.165) is 18.2 Å². The Morgan fingerprint density at radius 1 is 1.20 bits per heavy atom. The van der Waals surface area contributed by atoms with E-state index >= 15 is 0 Å². The summed E-state index contributed by atoms with van der Waals surface area (Å²) >= 11 is 6.96. The van der Waals surface area contributed by atoms with Gasteiger partial charge in [-0.1, -0.05) is 11.6 Å². The van der Waals surface area contributed by atoms with Crippen LogP contribution in [0.4, 0.5) is 8.78 Å². The predicted octanol–water partition coefficient (Wildman–Crippen LogP) is 4.61. The fourth-order valence-corrected chi connectivity index (χ4v) is 2.68. The zero-order valence-electron chi connectivity index (χ0n) is 10.1. The first kappa shape index (κ1) is 14.8. The number of carboxylic acid groups (broad SMARTS) is 1. The molecule has 1 N–H and O–H groups in total. The first-order valence-corrected chi connectivity index (χ1v) is 6.93. The zero-order chi connectivity index (χ0) is 14.7. The van der Waals surface area contributed by atoms with Crippen molar-refractivity contribution < 1.29 is 18.7 Å². The van der Waals surface area contributed by atoms with Gasteiger partial charge in [-0.2, -0.15) is 0 Å². The molecule has 0 heterocycles. The normalized spacial score (nSPS) is 10.6. The summed E-state index contributed by atoms with van der Waals surface area (Å²) in [7, 11) is 0. The Kier molecular flexibility index (Phi) is 4.62. The Labute approximate surface area is 123 Å². The Hall–Kier alpha value is -1.59. The third-order valence-electron chi connectivity index (χ3n) is 2.57. The lowest BCUT2D eigenvalue weighted by atomic mass is 10.2. The van der Waals surface area contributed by atoms with Gasteiger partial charge < -0.3 is 5.11 Å². The van der Waals surface area contributed by atoms with E-state index in [1.54, 1.807) is 6.07 Å².